The summed E-state index contributed by atoms with van der Waals surface area (Å²) in [5, 5.41) is 3.86. The van der Waals surface area contributed by atoms with Gasteiger partial charge in [0.2, 0.25) is 0 Å². The molecule has 1 rings (SSSR count). The molecule has 90 valence electrons. The van der Waals surface area contributed by atoms with E-state index in [0.717, 1.165) is 25.7 Å². The maximum Gasteiger partial charge on any atom is 0.126 e. The Morgan fingerprint density at radius 1 is 1.38 bits per heavy atom. The second kappa shape index (κ2) is 6.87. The number of rotatable bonds is 6. The lowest BCUT2D eigenvalue weighted by molar-refractivity contribution is 0.478. The molecule has 0 heterocycles. The zero-order valence-corrected chi connectivity index (χ0v) is 10.6. The van der Waals surface area contributed by atoms with E-state index in [1.807, 2.05) is 7.05 Å². The first-order valence-electron chi connectivity index (χ1n) is 5.78. The first-order valence-corrected chi connectivity index (χ1v) is 6.16. The zero-order chi connectivity index (χ0) is 12.0. The molecule has 16 heavy (non-hydrogen) atoms. The predicted octanol–water partition coefficient (Wildman–Crippen LogP) is 3.80. The van der Waals surface area contributed by atoms with Gasteiger partial charge in [0.1, 0.15) is 5.82 Å². The molecule has 0 aliphatic rings. The average molecular weight is 244 g/mol. The molecule has 0 radical (unpaired) electrons. The quantitative estimate of drug-likeness (QED) is 0.802. The highest BCUT2D eigenvalue weighted by atomic mass is 35.5. The van der Waals surface area contributed by atoms with Gasteiger partial charge in [-0.25, -0.2) is 4.39 Å². The van der Waals surface area contributed by atoms with E-state index in [4.69, 9.17) is 11.6 Å². The minimum absolute atomic E-state index is 0.157. The van der Waals surface area contributed by atoms with Crippen molar-refractivity contribution in [2.24, 2.45) is 0 Å². The Labute approximate surface area is 102 Å². The molecule has 0 fully saturated rings. The van der Waals surface area contributed by atoms with Crippen molar-refractivity contribution >= 4 is 11.6 Å². The highest BCUT2D eigenvalue weighted by Gasteiger charge is 2.08. The summed E-state index contributed by atoms with van der Waals surface area (Å²) in [6, 6.07) is 5.20. The van der Waals surface area contributed by atoms with E-state index in [-0.39, 0.29) is 5.82 Å². The minimum Gasteiger partial charge on any atom is -0.317 e. The molecule has 0 saturated carbocycles. The molecule has 0 spiro atoms. The Kier molecular flexibility index (Phi) is 5.78. The summed E-state index contributed by atoms with van der Waals surface area (Å²) >= 11 is 5.84. The van der Waals surface area contributed by atoms with Gasteiger partial charge in [-0.1, -0.05) is 24.9 Å². The molecule has 1 aromatic carbocycles. The smallest absolute Gasteiger partial charge is 0.126 e. The van der Waals surface area contributed by atoms with Crippen LogP contribution in [0.5, 0.6) is 0 Å². The van der Waals surface area contributed by atoms with Crippen molar-refractivity contribution in [2.75, 3.05) is 7.05 Å². The zero-order valence-electron chi connectivity index (χ0n) is 9.89. The first-order chi connectivity index (χ1) is 7.67. The minimum atomic E-state index is -0.157. The van der Waals surface area contributed by atoms with Crippen LogP contribution < -0.4 is 5.32 Å². The van der Waals surface area contributed by atoms with Crippen molar-refractivity contribution in [3.63, 3.8) is 0 Å². The number of benzene rings is 1. The molecule has 1 unspecified atom stereocenters. The summed E-state index contributed by atoms with van der Waals surface area (Å²) in [6.07, 6.45) is 3.95. The van der Waals surface area contributed by atoms with E-state index in [9.17, 15) is 4.39 Å². The summed E-state index contributed by atoms with van der Waals surface area (Å²) in [6.45, 7) is 2.16. The van der Waals surface area contributed by atoms with Crippen LogP contribution in [0.25, 0.3) is 0 Å². The summed E-state index contributed by atoms with van der Waals surface area (Å²) in [7, 11) is 1.95. The normalized spacial score (nSPS) is 12.8. The lowest BCUT2D eigenvalue weighted by atomic mass is 10.0. The third-order valence-corrected chi connectivity index (χ3v) is 3.05. The van der Waals surface area contributed by atoms with Crippen LogP contribution in [-0.4, -0.2) is 13.1 Å². The van der Waals surface area contributed by atoms with Crippen LogP contribution in [-0.2, 0) is 6.42 Å². The maximum atomic E-state index is 13.4. The van der Waals surface area contributed by atoms with E-state index < -0.39 is 0 Å². The summed E-state index contributed by atoms with van der Waals surface area (Å²) in [5.74, 6) is -0.157. The SMILES string of the molecule is CCCC(CCc1cc(Cl)ccc1F)NC. The van der Waals surface area contributed by atoms with Gasteiger partial charge < -0.3 is 5.32 Å². The fraction of sp³-hybridized carbons (Fsp3) is 0.538. The Morgan fingerprint density at radius 2 is 2.12 bits per heavy atom. The Bertz CT molecular complexity index is 328. The fourth-order valence-electron chi connectivity index (χ4n) is 1.85. The monoisotopic (exact) mass is 243 g/mol. The van der Waals surface area contributed by atoms with Gasteiger partial charge in [0, 0.05) is 11.1 Å². The van der Waals surface area contributed by atoms with Crippen molar-refractivity contribution < 1.29 is 4.39 Å². The second-order valence-electron chi connectivity index (χ2n) is 4.05. The molecule has 0 aliphatic carbocycles. The lowest BCUT2D eigenvalue weighted by Gasteiger charge is -2.15. The molecule has 0 aliphatic heterocycles. The highest BCUT2D eigenvalue weighted by Crippen LogP contribution is 2.17. The van der Waals surface area contributed by atoms with Crippen molar-refractivity contribution in [1.29, 1.82) is 0 Å². The number of hydrogen-bond donors (Lipinski definition) is 1. The Balaban J connectivity index is 2.55. The van der Waals surface area contributed by atoms with Crippen LogP contribution in [0.3, 0.4) is 0 Å². The highest BCUT2D eigenvalue weighted by molar-refractivity contribution is 6.30. The number of hydrogen-bond acceptors (Lipinski definition) is 1. The number of aryl methyl sites for hydroxylation is 1. The van der Waals surface area contributed by atoms with Crippen LogP contribution in [0.2, 0.25) is 5.02 Å². The van der Waals surface area contributed by atoms with Crippen LogP contribution >= 0.6 is 11.6 Å². The van der Waals surface area contributed by atoms with Gasteiger partial charge >= 0.3 is 0 Å². The molecular formula is C13H19ClFN. The third kappa shape index (κ3) is 4.11. The molecule has 1 atom stereocenters. The molecule has 1 N–H and O–H groups in total. The molecule has 0 bridgehead atoms. The van der Waals surface area contributed by atoms with Crippen LogP contribution in [0.1, 0.15) is 31.7 Å². The van der Waals surface area contributed by atoms with Gasteiger partial charge in [0.15, 0.2) is 0 Å². The van der Waals surface area contributed by atoms with E-state index in [0.29, 0.717) is 16.6 Å². The number of nitrogens with one attached hydrogen (secondary N) is 1. The molecule has 1 aromatic rings. The summed E-state index contributed by atoms with van der Waals surface area (Å²) in [4.78, 5) is 0. The second-order valence-corrected chi connectivity index (χ2v) is 4.49. The van der Waals surface area contributed by atoms with Crippen LogP contribution in [0, 0.1) is 5.82 Å². The van der Waals surface area contributed by atoms with Crippen molar-refractivity contribution in [1.82, 2.24) is 5.32 Å². The Hall–Kier alpha value is -0.600. The molecule has 1 nitrogen and oxygen atoms in total. The third-order valence-electron chi connectivity index (χ3n) is 2.82. The topological polar surface area (TPSA) is 12.0 Å². The Morgan fingerprint density at radius 3 is 2.75 bits per heavy atom. The maximum absolute atomic E-state index is 13.4. The average Bonchev–Trinajstić information content (AvgIpc) is 2.28. The first kappa shape index (κ1) is 13.5. The van der Waals surface area contributed by atoms with Crippen LogP contribution in [0.15, 0.2) is 18.2 Å². The van der Waals surface area contributed by atoms with Crippen LogP contribution in [0.4, 0.5) is 4.39 Å². The van der Waals surface area contributed by atoms with Crippen molar-refractivity contribution in [2.45, 2.75) is 38.6 Å². The van der Waals surface area contributed by atoms with Gasteiger partial charge in [-0.05, 0) is 50.1 Å². The van der Waals surface area contributed by atoms with E-state index >= 15 is 0 Å². The van der Waals surface area contributed by atoms with E-state index in [1.54, 1.807) is 12.1 Å². The van der Waals surface area contributed by atoms with Gasteiger partial charge in [-0.2, -0.15) is 0 Å². The molecule has 3 heteroatoms. The standard InChI is InChI=1S/C13H19ClFN/c1-3-4-12(16-2)7-5-10-9-11(14)6-8-13(10)15/h6,8-9,12,16H,3-5,7H2,1-2H3. The van der Waals surface area contributed by atoms with Crippen molar-refractivity contribution in [3.05, 3.63) is 34.6 Å². The molecule has 0 amide bonds. The summed E-state index contributed by atoms with van der Waals surface area (Å²) in [5.41, 5.74) is 0.712. The lowest BCUT2D eigenvalue weighted by Crippen LogP contribution is -2.25. The van der Waals surface area contributed by atoms with E-state index in [2.05, 4.69) is 12.2 Å². The fourth-order valence-corrected chi connectivity index (χ4v) is 2.04. The predicted molar refractivity (Wildman–Crippen MR) is 67.5 cm³/mol. The molecular weight excluding hydrogens is 225 g/mol. The van der Waals surface area contributed by atoms with Gasteiger partial charge in [-0.3, -0.25) is 0 Å². The van der Waals surface area contributed by atoms with Gasteiger partial charge in [-0.15, -0.1) is 0 Å². The van der Waals surface area contributed by atoms with Gasteiger partial charge in [0.25, 0.3) is 0 Å². The van der Waals surface area contributed by atoms with Gasteiger partial charge in [0.05, 0.1) is 0 Å². The van der Waals surface area contributed by atoms with Crippen molar-refractivity contribution in [3.8, 4) is 0 Å². The molecule has 0 aromatic heterocycles. The molecule has 0 saturated heterocycles. The summed E-state index contributed by atoms with van der Waals surface area (Å²) < 4.78 is 13.4. The largest absolute Gasteiger partial charge is 0.317 e. The van der Waals surface area contributed by atoms with E-state index in [1.165, 1.54) is 6.07 Å². The number of halogens is 2.